The highest BCUT2D eigenvalue weighted by molar-refractivity contribution is 7.92. The van der Waals surface area contributed by atoms with E-state index in [9.17, 15) is 13.2 Å². The van der Waals surface area contributed by atoms with Crippen LogP contribution in [-0.4, -0.2) is 31.8 Å². The summed E-state index contributed by atoms with van der Waals surface area (Å²) in [6, 6.07) is 9.23. The van der Waals surface area contributed by atoms with Crippen molar-refractivity contribution < 1.29 is 13.2 Å². The Morgan fingerprint density at radius 2 is 1.88 bits per heavy atom. The second-order valence-corrected chi connectivity index (χ2v) is 10.7. The molecule has 0 aliphatic rings. The van der Waals surface area contributed by atoms with Gasteiger partial charge >= 0.3 is 0 Å². The summed E-state index contributed by atoms with van der Waals surface area (Å²) in [6.45, 7) is 8.14. The molecule has 3 aromatic rings. The monoisotopic (exact) mass is 467 g/mol. The molecular formula is C25H29N3O4S. The molecule has 0 fully saturated rings. The van der Waals surface area contributed by atoms with Crippen molar-refractivity contribution in [3.05, 3.63) is 75.5 Å². The molecule has 0 aliphatic heterocycles. The highest BCUT2D eigenvalue weighted by Gasteiger charge is 2.22. The zero-order chi connectivity index (χ0) is 24.4. The van der Waals surface area contributed by atoms with Gasteiger partial charge in [0.2, 0.25) is 10.0 Å². The number of nitrogens with one attached hydrogen (secondary N) is 2. The maximum absolute atomic E-state index is 12.4. The van der Waals surface area contributed by atoms with Gasteiger partial charge in [-0.05, 0) is 65.9 Å². The Morgan fingerprint density at radius 1 is 1.15 bits per heavy atom. The second-order valence-electron chi connectivity index (χ2n) is 8.94. The Bertz CT molecular complexity index is 1370. The van der Waals surface area contributed by atoms with Gasteiger partial charge in [0.25, 0.3) is 5.56 Å². The van der Waals surface area contributed by atoms with Crippen LogP contribution < -0.4 is 15.0 Å². The van der Waals surface area contributed by atoms with Crippen molar-refractivity contribution in [2.24, 2.45) is 0 Å². The van der Waals surface area contributed by atoms with E-state index in [0.29, 0.717) is 16.9 Å². The van der Waals surface area contributed by atoms with E-state index in [1.54, 1.807) is 31.5 Å². The van der Waals surface area contributed by atoms with Gasteiger partial charge in [-0.2, -0.15) is 0 Å². The summed E-state index contributed by atoms with van der Waals surface area (Å²) >= 11 is 0. The van der Waals surface area contributed by atoms with E-state index >= 15 is 0 Å². The molecule has 0 saturated carbocycles. The van der Waals surface area contributed by atoms with Crippen LogP contribution in [0, 0.1) is 6.92 Å². The van der Waals surface area contributed by atoms with Crippen LogP contribution in [0.2, 0.25) is 0 Å². The molecule has 0 atom stereocenters. The van der Waals surface area contributed by atoms with Crippen LogP contribution in [-0.2, 0) is 15.4 Å². The van der Waals surface area contributed by atoms with Gasteiger partial charge < -0.3 is 9.72 Å². The van der Waals surface area contributed by atoms with Crippen LogP contribution in [0.25, 0.3) is 23.3 Å². The first-order valence-electron chi connectivity index (χ1n) is 10.4. The molecule has 0 unspecified atom stereocenters. The van der Waals surface area contributed by atoms with Crippen LogP contribution in [0.4, 0.5) is 5.69 Å². The fourth-order valence-electron chi connectivity index (χ4n) is 3.56. The third kappa shape index (κ3) is 5.90. The third-order valence-corrected chi connectivity index (χ3v) is 5.71. The maximum Gasteiger partial charge on any atom is 0.255 e. The Labute approximate surface area is 194 Å². The lowest BCUT2D eigenvalue weighted by atomic mass is 9.83. The van der Waals surface area contributed by atoms with Gasteiger partial charge in [-0.15, -0.1) is 0 Å². The average Bonchev–Trinajstić information content (AvgIpc) is 2.71. The van der Waals surface area contributed by atoms with Crippen molar-refractivity contribution in [3.8, 4) is 16.9 Å². The number of methoxy groups -OCH3 is 1. The van der Waals surface area contributed by atoms with Crippen LogP contribution in [0.15, 0.2) is 47.5 Å². The molecule has 0 radical (unpaired) electrons. The lowest BCUT2D eigenvalue weighted by Crippen LogP contribution is -2.15. The summed E-state index contributed by atoms with van der Waals surface area (Å²) in [5.41, 5.74) is 4.67. The largest absolute Gasteiger partial charge is 0.496 e. The van der Waals surface area contributed by atoms with E-state index in [0.717, 1.165) is 34.3 Å². The van der Waals surface area contributed by atoms with E-state index in [-0.39, 0.29) is 11.0 Å². The molecule has 0 bridgehead atoms. The summed E-state index contributed by atoms with van der Waals surface area (Å²) in [5.74, 6) is 0.725. The van der Waals surface area contributed by atoms with Crippen molar-refractivity contribution in [3.63, 3.8) is 0 Å². The number of hydrogen-bond donors (Lipinski definition) is 2. The van der Waals surface area contributed by atoms with Crippen molar-refractivity contribution in [2.45, 2.75) is 33.1 Å². The van der Waals surface area contributed by atoms with E-state index < -0.39 is 10.0 Å². The molecule has 3 rings (SSSR count). The van der Waals surface area contributed by atoms with E-state index in [2.05, 4.69) is 35.5 Å². The van der Waals surface area contributed by atoms with Crippen LogP contribution in [0.5, 0.6) is 5.75 Å². The number of aryl methyl sites for hydroxylation is 1. The number of aromatic nitrogens is 2. The quantitative estimate of drug-likeness (QED) is 0.552. The molecule has 1 aromatic carbocycles. The standard InChI is InChI=1S/C25H29N3O4S/c1-16-12-19(28-33(6,30)31)15-27-22(16)10-9-17-13-18(20-8-7-11-26-24(20)29)14-21(23(17)32-5)25(2,3)4/h7-15,28H,1-6H3,(H,26,29)/b10-9+. The van der Waals surface area contributed by atoms with Gasteiger partial charge in [-0.1, -0.05) is 20.8 Å². The smallest absolute Gasteiger partial charge is 0.255 e. The Kier molecular flexibility index (Phi) is 6.78. The van der Waals surface area contributed by atoms with Crippen molar-refractivity contribution in [1.29, 1.82) is 0 Å². The number of nitrogens with zero attached hydrogens (tertiary/aromatic N) is 1. The number of pyridine rings is 2. The van der Waals surface area contributed by atoms with Gasteiger partial charge in [0.15, 0.2) is 0 Å². The predicted molar refractivity (Wildman–Crippen MR) is 134 cm³/mol. The van der Waals surface area contributed by atoms with Gasteiger partial charge in [0, 0.05) is 22.9 Å². The SMILES string of the molecule is COc1c(/C=C/c2ncc(NS(C)(=O)=O)cc2C)cc(-c2ccc[nH]c2=O)cc1C(C)(C)C. The molecule has 2 aromatic heterocycles. The van der Waals surface area contributed by atoms with Crippen molar-refractivity contribution in [1.82, 2.24) is 9.97 Å². The molecule has 0 saturated heterocycles. The van der Waals surface area contributed by atoms with Crippen LogP contribution in [0.3, 0.4) is 0 Å². The molecule has 0 aliphatic carbocycles. The van der Waals surface area contributed by atoms with Crippen molar-refractivity contribution >= 4 is 27.9 Å². The van der Waals surface area contributed by atoms with Gasteiger partial charge in [-0.3, -0.25) is 14.5 Å². The van der Waals surface area contributed by atoms with Crippen molar-refractivity contribution in [2.75, 3.05) is 18.1 Å². The number of rotatable bonds is 6. The first-order valence-corrected chi connectivity index (χ1v) is 12.3. The number of H-pyrrole nitrogens is 1. The van der Waals surface area contributed by atoms with E-state index in [1.807, 2.05) is 31.2 Å². The molecule has 0 spiro atoms. The van der Waals surface area contributed by atoms with Gasteiger partial charge in [0.1, 0.15) is 5.75 Å². The topological polar surface area (TPSA) is 101 Å². The molecule has 33 heavy (non-hydrogen) atoms. The minimum absolute atomic E-state index is 0.163. The molecule has 8 heteroatoms. The normalized spacial score (nSPS) is 12.2. The number of aromatic amines is 1. The number of ether oxygens (including phenoxy) is 1. The highest BCUT2D eigenvalue weighted by Crippen LogP contribution is 2.38. The highest BCUT2D eigenvalue weighted by atomic mass is 32.2. The van der Waals surface area contributed by atoms with Crippen LogP contribution >= 0.6 is 0 Å². The summed E-state index contributed by atoms with van der Waals surface area (Å²) in [6.07, 6.45) is 7.93. The van der Waals surface area contributed by atoms with Gasteiger partial charge in [-0.25, -0.2) is 8.42 Å². The first-order chi connectivity index (χ1) is 15.4. The number of sulfonamides is 1. The Hall–Kier alpha value is -3.39. The predicted octanol–water partition coefficient (Wildman–Crippen LogP) is 4.59. The number of hydrogen-bond acceptors (Lipinski definition) is 5. The molecule has 174 valence electrons. The molecule has 2 heterocycles. The Morgan fingerprint density at radius 3 is 2.45 bits per heavy atom. The fraction of sp³-hybridized carbons (Fsp3) is 0.280. The summed E-state index contributed by atoms with van der Waals surface area (Å²) in [4.78, 5) is 19.6. The lowest BCUT2D eigenvalue weighted by Gasteiger charge is -2.24. The first kappa shape index (κ1) is 24.3. The van der Waals surface area contributed by atoms with E-state index in [1.165, 1.54) is 6.20 Å². The minimum Gasteiger partial charge on any atom is -0.496 e. The van der Waals surface area contributed by atoms with E-state index in [4.69, 9.17) is 4.74 Å². The average molecular weight is 468 g/mol. The number of anilines is 1. The summed E-state index contributed by atoms with van der Waals surface area (Å²) in [7, 11) is -1.75. The maximum atomic E-state index is 12.4. The van der Waals surface area contributed by atoms with Gasteiger partial charge in [0.05, 0.1) is 30.9 Å². The summed E-state index contributed by atoms with van der Waals surface area (Å²) < 4.78 is 31.2. The zero-order valence-electron chi connectivity index (χ0n) is 19.7. The second kappa shape index (κ2) is 9.23. The number of benzene rings is 1. The molecule has 7 nitrogen and oxygen atoms in total. The zero-order valence-corrected chi connectivity index (χ0v) is 20.5. The fourth-order valence-corrected chi connectivity index (χ4v) is 4.10. The third-order valence-electron chi connectivity index (χ3n) is 5.10. The Balaban J connectivity index is 2.12. The van der Waals surface area contributed by atoms with Crippen LogP contribution in [0.1, 0.15) is 43.2 Å². The molecular weight excluding hydrogens is 438 g/mol. The minimum atomic E-state index is -3.38. The molecule has 0 amide bonds. The summed E-state index contributed by atoms with van der Waals surface area (Å²) in [5, 5.41) is 0. The lowest BCUT2D eigenvalue weighted by molar-refractivity contribution is 0.397. The molecule has 2 N–H and O–H groups in total.